The third kappa shape index (κ3) is 5.24. The van der Waals surface area contributed by atoms with Crippen molar-refractivity contribution in [3.05, 3.63) is 35.4 Å². The zero-order valence-corrected chi connectivity index (χ0v) is 11.0. The third-order valence-corrected chi connectivity index (χ3v) is 3.34. The highest BCUT2D eigenvalue weighted by molar-refractivity contribution is 7.98. The monoisotopic (exact) mass is 254 g/mol. The maximum Gasteiger partial charge on any atom is 0.333 e. The molecule has 1 atom stereocenters. The van der Waals surface area contributed by atoms with Gasteiger partial charge in [-0.15, -0.1) is 0 Å². The van der Waals surface area contributed by atoms with Gasteiger partial charge in [-0.2, -0.15) is 11.8 Å². The lowest BCUT2D eigenvalue weighted by Crippen LogP contribution is -2.26. The van der Waals surface area contributed by atoms with Gasteiger partial charge in [0.1, 0.15) is 0 Å². The lowest BCUT2D eigenvalue weighted by Gasteiger charge is -2.11. The molecule has 1 unspecified atom stereocenters. The van der Waals surface area contributed by atoms with E-state index in [1.807, 2.05) is 6.07 Å². The van der Waals surface area contributed by atoms with Crippen LogP contribution in [0.2, 0.25) is 0 Å². The Bertz CT molecular complexity index is 365. The summed E-state index contributed by atoms with van der Waals surface area (Å²) in [6, 6.07) is 8.23. The van der Waals surface area contributed by atoms with Crippen molar-refractivity contribution >= 4 is 17.7 Å². The standard InChI is InChI=1S/C13H18O3S/c1-3-16-12(13(14)15)9-17-8-11-6-4-5-10(2)7-11/h4-7,12H,3,8-9H2,1-2H3,(H,14,15). The van der Waals surface area contributed by atoms with Gasteiger partial charge >= 0.3 is 5.97 Å². The van der Waals surface area contributed by atoms with E-state index in [0.29, 0.717) is 12.4 Å². The first-order valence-electron chi connectivity index (χ1n) is 5.61. The summed E-state index contributed by atoms with van der Waals surface area (Å²) in [5.41, 5.74) is 2.44. The molecule has 1 aromatic carbocycles. The minimum atomic E-state index is -0.886. The third-order valence-electron chi connectivity index (χ3n) is 2.26. The van der Waals surface area contributed by atoms with Gasteiger partial charge in [0.15, 0.2) is 6.10 Å². The maximum absolute atomic E-state index is 10.8. The van der Waals surface area contributed by atoms with Gasteiger partial charge < -0.3 is 9.84 Å². The van der Waals surface area contributed by atoms with E-state index in [9.17, 15) is 4.79 Å². The van der Waals surface area contributed by atoms with Crippen molar-refractivity contribution in [1.29, 1.82) is 0 Å². The number of carboxylic acids is 1. The van der Waals surface area contributed by atoms with E-state index in [-0.39, 0.29) is 0 Å². The van der Waals surface area contributed by atoms with E-state index in [2.05, 4.69) is 25.1 Å². The Kier molecular flexibility index (Phi) is 6.08. The van der Waals surface area contributed by atoms with Gasteiger partial charge in [0, 0.05) is 18.1 Å². The molecule has 1 N–H and O–H groups in total. The van der Waals surface area contributed by atoms with Crippen LogP contribution < -0.4 is 0 Å². The van der Waals surface area contributed by atoms with Gasteiger partial charge in [-0.1, -0.05) is 29.8 Å². The number of carbonyl (C=O) groups is 1. The highest BCUT2D eigenvalue weighted by Crippen LogP contribution is 2.15. The summed E-state index contributed by atoms with van der Waals surface area (Å²) in [6.45, 7) is 4.29. The van der Waals surface area contributed by atoms with Crippen LogP contribution in [0.5, 0.6) is 0 Å². The molecule has 94 valence electrons. The molecule has 0 saturated carbocycles. The van der Waals surface area contributed by atoms with Crippen molar-refractivity contribution < 1.29 is 14.6 Å². The number of carboxylic acid groups (broad SMARTS) is 1. The fourth-order valence-electron chi connectivity index (χ4n) is 1.48. The fourth-order valence-corrected chi connectivity index (χ4v) is 2.46. The van der Waals surface area contributed by atoms with Crippen molar-refractivity contribution in [2.45, 2.75) is 25.7 Å². The maximum atomic E-state index is 10.8. The van der Waals surface area contributed by atoms with Crippen molar-refractivity contribution in [1.82, 2.24) is 0 Å². The lowest BCUT2D eigenvalue weighted by atomic mass is 10.2. The van der Waals surface area contributed by atoms with Crippen LogP contribution in [-0.2, 0) is 15.3 Å². The van der Waals surface area contributed by atoms with Crippen LogP contribution in [0.4, 0.5) is 0 Å². The quantitative estimate of drug-likeness (QED) is 0.812. The lowest BCUT2D eigenvalue weighted by molar-refractivity contribution is -0.148. The average Bonchev–Trinajstić information content (AvgIpc) is 2.28. The van der Waals surface area contributed by atoms with E-state index in [4.69, 9.17) is 9.84 Å². The van der Waals surface area contributed by atoms with Gasteiger partial charge in [0.05, 0.1) is 0 Å². The van der Waals surface area contributed by atoms with Crippen LogP contribution in [0, 0.1) is 6.92 Å². The first-order valence-corrected chi connectivity index (χ1v) is 6.76. The van der Waals surface area contributed by atoms with Crippen molar-refractivity contribution in [2.75, 3.05) is 12.4 Å². The van der Waals surface area contributed by atoms with E-state index >= 15 is 0 Å². The van der Waals surface area contributed by atoms with Gasteiger partial charge in [-0.25, -0.2) is 4.79 Å². The summed E-state index contributed by atoms with van der Waals surface area (Å²) in [7, 11) is 0. The predicted molar refractivity (Wildman–Crippen MR) is 70.4 cm³/mol. The number of hydrogen-bond donors (Lipinski definition) is 1. The number of rotatable bonds is 7. The Hall–Kier alpha value is -1.00. The van der Waals surface area contributed by atoms with Crippen molar-refractivity contribution in [2.24, 2.45) is 0 Å². The molecular formula is C13H18O3S. The smallest absolute Gasteiger partial charge is 0.333 e. The zero-order chi connectivity index (χ0) is 12.7. The van der Waals surface area contributed by atoms with Crippen molar-refractivity contribution in [3.8, 4) is 0 Å². The van der Waals surface area contributed by atoms with Crippen LogP contribution in [-0.4, -0.2) is 29.5 Å². The van der Waals surface area contributed by atoms with Crippen molar-refractivity contribution in [3.63, 3.8) is 0 Å². The molecule has 1 aromatic rings. The largest absolute Gasteiger partial charge is 0.479 e. The molecule has 0 aliphatic rings. The van der Waals surface area contributed by atoms with E-state index in [1.165, 1.54) is 11.1 Å². The number of ether oxygens (including phenoxy) is 1. The second kappa shape index (κ2) is 7.35. The molecule has 3 nitrogen and oxygen atoms in total. The SMILES string of the molecule is CCOC(CSCc1cccc(C)c1)C(=O)O. The fraction of sp³-hybridized carbons (Fsp3) is 0.462. The van der Waals surface area contributed by atoms with Crippen LogP contribution >= 0.6 is 11.8 Å². The van der Waals surface area contributed by atoms with Gasteiger partial charge in [0.2, 0.25) is 0 Å². The minimum Gasteiger partial charge on any atom is -0.479 e. The summed E-state index contributed by atoms with van der Waals surface area (Å²) >= 11 is 1.59. The molecule has 0 bridgehead atoms. The predicted octanol–water partition coefficient (Wildman–Crippen LogP) is 2.72. The Morgan fingerprint density at radius 3 is 2.88 bits per heavy atom. The van der Waals surface area contributed by atoms with Crippen LogP contribution in [0.3, 0.4) is 0 Å². The zero-order valence-electron chi connectivity index (χ0n) is 10.2. The number of thioether (sulfide) groups is 1. The molecule has 0 spiro atoms. The van der Waals surface area contributed by atoms with Crippen LogP contribution in [0.15, 0.2) is 24.3 Å². The van der Waals surface area contributed by atoms with Crippen LogP contribution in [0.1, 0.15) is 18.1 Å². The Labute approximate surface area is 106 Å². The molecule has 0 aliphatic carbocycles. The Balaban J connectivity index is 2.38. The van der Waals surface area contributed by atoms with Crippen LogP contribution in [0.25, 0.3) is 0 Å². The molecule has 17 heavy (non-hydrogen) atoms. The number of aliphatic carboxylic acids is 1. The molecule has 0 amide bonds. The van der Waals surface area contributed by atoms with E-state index < -0.39 is 12.1 Å². The highest BCUT2D eigenvalue weighted by Gasteiger charge is 2.16. The first kappa shape index (κ1) is 14.1. The number of aryl methyl sites for hydroxylation is 1. The second-order valence-corrected chi connectivity index (χ2v) is 4.82. The molecule has 0 fully saturated rings. The second-order valence-electron chi connectivity index (χ2n) is 3.79. The first-order chi connectivity index (χ1) is 8.13. The molecule has 4 heteroatoms. The molecular weight excluding hydrogens is 236 g/mol. The van der Waals surface area contributed by atoms with Gasteiger partial charge in [-0.3, -0.25) is 0 Å². The summed E-state index contributed by atoms with van der Waals surface area (Å²) in [6.07, 6.45) is -0.699. The molecule has 1 rings (SSSR count). The summed E-state index contributed by atoms with van der Waals surface area (Å²) in [5.74, 6) is 0.416. The molecule has 0 aromatic heterocycles. The van der Waals surface area contributed by atoms with E-state index in [1.54, 1.807) is 18.7 Å². The summed E-state index contributed by atoms with van der Waals surface area (Å²) in [4.78, 5) is 10.8. The van der Waals surface area contributed by atoms with E-state index in [0.717, 1.165) is 5.75 Å². The summed E-state index contributed by atoms with van der Waals surface area (Å²) in [5, 5.41) is 8.91. The Morgan fingerprint density at radius 2 is 2.29 bits per heavy atom. The molecule has 0 aliphatic heterocycles. The summed E-state index contributed by atoms with van der Waals surface area (Å²) < 4.78 is 5.14. The average molecular weight is 254 g/mol. The number of hydrogen-bond acceptors (Lipinski definition) is 3. The normalized spacial score (nSPS) is 12.4. The Morgan fingerprint density at radius 1 is 1.53 bits per heavy atom. The highest BCUT2D eigenvalue weighted by atomic mass is 32.2. The van der Waals surface area contributed by atoms with Gasteiger partial charge in [-0.05, 0) is 19.4 Å². The minimum absolute atomic E-state index is 0.433. The molecule has 0 heterocycles. The molecule has 0 saturated heterocycles. The number of benzene rings is 1. The molecule has 0 radical (unpaired) electrons. The van der Waals surface area contributed by atoms with Gasteiger partial charge in [0.25, 0.3) is 0 Å². The topological polar surface area (TPSA) is 46.5 Å².